The molecule has 0 spiro atoms. The van der Waals surface area contributed by atoms with Gasteiger partial charge in [-0.05, 0) is 63.9 Å². The predicted octanol–water partition coefficient (Wildman–Crippen LogP) is 4.65. The van der Waals surface area contributed by atoms with Gasteiger partial charge in [0, 0.05) is 12.2 Å². The van der Waals surface area contributed by atoms with Crippen LogP contribution < -0.4 is 15.4 Å². The van der Waals surface area contributed by atoms with Crippen LogP contribution in [-0.4, -0.2) is 42.2 Å². The first-order chi connectivity index (χ1) is 14.7. The molecule has 1 aliphatic heterocycles. The minimum Gasteiger partial charge on any atom is -0.495 e. The predicted molar refractivity (Wildman–Crippen MR) is 121 cm³/mol. The van der Waals surface area contributed by atoms with Crippen molar-refractivity contribution in [2.75, 3.05) is 24.3 Å². The van der Waals surface area contributed by atoms with Gasteiger partial charge in [0.25, 0.3) is 0 Å². The Kier molecular flexibility index (Phi) is 7.17. The van der Waals surface area contributed by atoms with Gasteiger partial charge >= 0.3 is 6.09 Å². The molecule has 0 bridgehead atoms. The van der Waals surface area contributed by atoms with Gasteiger partial charge in [-0.1, -0.05) is 30.3 Å². The third kappa shape index (κ3) is 6.46. The normalized spacial score (nSPS) is 16.6. The lowest BCUT2D eigenvalue weighted by Gasteiger charge is -2.24. The number of anilines is 2. The number of benzene rings is 2. The van der Waals surface area contributed by atoms with Crippen LogP contribution in [0.25, 0.3) is 0 Å². The SMILES string of the molecule is COc1ccc(NC(=O)C2CCCN2Cc2ccccc2)cc1NC(=O)OC(C)(C)C. The maximum atomic E-state index is 13.0. The fourth-order valence-electron chi connectivity index (χ4n) is 3.65. The van der Waals surface area contributed by atoms with Crippen molar-refractivity contribution in [3.05, 3.63) is 54.1 Å². The first-order valence-electron chi connectivity index (χ1n) is 10.5. The number of amides is 2. The van der Waals surface area contributed by atoms with Crippen molar-refractivity contribution in [1.82, 2.24) is 4.90 Å². The molecule has 1 fully saturated rings. The largest absolute Gasteiger partial charge is 0.495 e. The molecular formula is C24H31N3O4. The molecule has 3 rings (SSSR count). The average Bonchev–Trinajstić information content (AvgIpc) is 3.16. The fraction of sp³-hybridized carbons (Fsp3) is 0.417. The van der Waals surface area contributed by atoms with Gasteiger partial charge in [0.1, 0.15) is 11.4 Å². The van der Waals surface area contributed by atoms with Crippen LogP contribution in [0.3, 0.4) is 0 Å². The third-order valence-electron chi connectivity index (χ3n) is 5.00. The van der Waals surface area contributed by atoms with Crippen molar-refractivity contribution in [1.29, 1.82) is 0 Å². The molecule has 2 N–H and O–H groups in total. The van der Waals surface area contributed by atoms with Crippen molar-refractivity contribution in [3.8, 4) is 5.75 Å². The molecule has 2 aromatic rings. The van der Waals surface area contributed by atoms with Crippen molar-refractivity contribution >= 4 is 23.4 Å². The van der Waals surface area contributed by atoms with E-state index in [4.69, 9.17) is 9.47 Å². The summed E-state index contributed by atoms with van der Waals surface area (Å²) in [6.45, 7) is 7.02. The van der Waals surface area contributed by atoms with Gasteiger partial charge in [0.15, 0.2) is 0 Å². The Bertz CT molecular complexity index is 909. The monoisotopic (exact) mass is 425 g/mol. The molecule has 0 aromatic heterocycles. The quantitative estimate of drug-likeness (QED) is 0.705. The van der Waals surface area contributed by atoms with Crippen molar-refractivity contribution < 1.29 is 19.1 Å². The lowest BCUT2D eigenvalue weighted by atomic mass is 10.1. The zero-order chi connectivity index (χ0) is 22.4. The minimum atomic E-state index is -0.617. The van der Waals surface area contributed by atoms with E-state index in [1.807, 2.05) is 18.2 Å². The number of likely N-dealkylation sites (tertiary alicyclic amines) is 1. The van der Waals surface area contributed by atoms with Gasteiger partial charge in [-0.25, -0.2) is 4.79 Å². The van der Waals surface area contributed by atoms with E-state index >= 15 is 0 Å². The highest BCUT2D eigenvalue weighted by atomic mass is 16.6. The first-order valence-corrected chi connectivity index (χ1v) is 10.5. The van der Waals surface area contributed by atoms with Crippen LogP contribution >= 0.6 is 0 Å². The Morgan fingerprint density at radius 2 is 1.84 bits per heavy atom. The van der Waals surface area contributed by atoms with Crippen molar-refractivity contribution in [2.24, 2.45) is 0 Å². The van der Waals surface area contributed by atoms with Gasteiger partial charge in [-0.2, -0.15) is 0 Å². The lowest BCUT2D eigenvalue weighted by Crippen LogP contribution is -2.39. The van der Waals surface area contributed by atoms with Gasteiger partial charge in [-0.3, -0.25) is 15.0 Å². The number of nitrogens with zero attached hydrogens (tertiary/aromatic N) is 1. The molecule has 166 valence electrons. The zero-order valence-corrected chi connectivity index (χ0v) is 18.6. The highest BCUT2D eigenvalue weighted by molar-refractivity contribution is 5.96. The maximum absolute atomic E-state index is 13.0. The molecule has 0 saturated carbocycles. The van der Waals surface area contributed by atoms with Gasteiger partial charge in [0.05, 0.1) is 18.8 Å². The fourth-order valence-corrected chi connectivity index (χ4v) is 3.65. The summed E-state index contributed by atoms with van der Waals surface area (Å²) in [5.41, 5.74) is 1.59. The number of rotatable bonds is 6. The summed E-state index contributed by atoms with van der Waals surface area (Å²) in [6.07, 6.45) is 1.22. The van der Waals surface area contributed by atoms with Crippen LogP contribution in [0.15, 0.2) is 48.5 Å². The Hall–Kier alpha value is -3.06. The second-order valence-electron chi connectivity index (χ2n) is 8.65. The molecule has 2 aromatic carbocycles. The van der Waals surface area contributed by atoms with E-state index in [2.05, 4.69) is 27.7 Å². The molecule has 7 nitrogen and oxygen atoms in total. The van der Waals surface area contributed by atoms with Crippen LogP contribution in [0.2, 0.25) is 0 Å². The smallest absolute Gasteiger partial charge is 0.412 e. The lowest BCUT2D eigenvalue weighted by molar-refractivity contribution is -0.120. The van der Waals surface area contributed by atoms with E-state index in [0.29, 0.717) is 17.1 Å². The highest BCUT2D eigenvalue weighted by Gasteiger charge is 2.30. The maximum Gasteiger partial charge on any atom is 0.412 e. The summed E-state index contributed by atoms with van der Waals surface area (Å²) in [4.78, 5) is 27.4. The van der Waals surface area contributed by atoms with Gasteiger partial charge < -0.3 is 14.8 Å². The molecule has 1 heterocycles. The van der Waals surface area contributed by atoms with E-state index in [9.17, 15) is 9.59 Å². The van der Waals surface area contributed by atoms with E-state index < -0.39 is 11.7 Å². The minimum absolute atomic E-state index is 0.0539. The van der Waals surface area contributed by atoms with Crippen LogP contribution in [0, 0.1) is 0 Å². The Morgan fingerprint density at radius 3 is 2.52 bits per heavy atom. The summed E-state index contributed by atoms with van der Waals surface area (Å²) in [5.74, 6) is 0.428. The summed E-state index contributed by atoms with van der Waals surface area (Å²) in [6, 6.07) is 15.1. The molecule has 7 heteroatoms. The Labute approximate surface area is 183 Å². The van der Waals surface area contributed by atoms with E-state index in [-0.39, 0.29) is 11.9 Å². The number of methoxy groups -OCH3 is 1. The molecule has 1 saturated heterocycles. The molecule has 2 amide bonds. The Balaban J connectivity index is 1.68. The van der Waals surface area contributed by atoms with Crippen LogP contribution in [-0.2, 0) is 16.1 Å². The van der Waals surface area contributed by atoms with Crippen molar-refractivity contribution in [3.63, 3.8) is 0 Å². The number of nitrogens with one attached hydrogen (secondary N) is 2. The topological polar surface area (TPSA) is 79.9 Å². The molecule has 31 heavy (non-hydrogen) atoms. The van der Waals surface area contributed by atoms with Crippen molar-refractivity contribution in [2.45, 2.75) is 51.8 Å². The van der Waals surface area contributed by atoms with Crippen LogP contribution in [0.5, 0.6) is 5.75 Å². The number of hydrogen-bond acceptors (Lipinski definition) is 5. The van der Waals surface area contributed by atoms with Crippen LogP contribution in [0.1, 0.15) is 39.2 Å². The Morgan fingerprint density at radius 1 is 1.10 bits per heavy atom. The number of ether oxygens (including phenoxy) is 2. The highest BCUT2D eigenvalue weighted by Crippen LogP contribution is 2.29. The summed E-state index contributed by atoms with van der Waals surface area (Å²) >= 11 is 0. The second-order valence-corrected chi connectivity index (χ2v) is 8.65. The number of hydrogen-bond donors (Lipinski definition) is 2. The number of carbonyl (C=O) groups is 2. The average molecular weight is 426 g/mol. The van der Waals surface area contributed by atoms with Gasteiger partial charge in [0.2, 0.25) is 5.91 Å². The molecule has 1 unspecified atom stereocenters. The molecule has 1 aliphatic rings. The summed E-state index contributed by atoms with van der Waals surface area (Å²) in [5, 5.41) is 5.68. The zero-order valence-electron chi connectivity index (χ0n) is 18.6. The van der Waals surface area contributed by atoms with Gasteiger partial charge in [-0.15, -0.1) is 0 Å². The molecular weight excluding hydrogens is 394 g/mol. The van der Waals surface area contributed by atoms with E-state index in [0.717, 1.165) is 25.9 Å². The molecule has 0 aliphatic carbocycles. The summed E-state index contributed by atoms with van der Waals surface area (Å²) in [7, 11) is 1.52. The van der Waals surface area contributed by atoms with E-state index in [1.165, 1.54) is 12.7 Å². The third-order valence-corrected chi connectivity index (χ3v) is 5.00. The second kappa shape index (κ2) is 9.83. The molecule has 0 radical (unpaired) electrons. The molecule has 1 atom stereocenters. The standard InChI is InChI=1S/C24H31N3O4/c1-24(2,3)31-23(29)26-19-15-18(12-13-21(19)30-4)25-22(28)20-11-8-14-27(20)16-17-9-6-5-7-10-17/h5-7,9-10,12-13,15,20H,8,11,14,16H2,1-4H3,(H,25,28)(H,26,29). The van der Waals surface area contributed by atoms with Crippen LogP contribution in [0.4, 0.5) is 16.2 Å². The first kappa shape index (κ1) is 22.6. The summed E-state index contributed by atoms with van der Waals surface area (Å²) < 4.78 is 10.6. The number of carbonyl (C=O) groups excluding carboxylic acids is 2. The van der Waals surface area contributed by atoms with E-state index in [1.54, 1.807) is 39.0 Å².